The van der Waals surface area contributed by atoms with Gasteiger partial charge in [0.1, 0.15) is 60.4 Å². The van der Waals surface area contributed by atoms with Crippen molar-refractivity contribution in [3.63, 3.8) is 0 Å². The number of nitrogens with one attached hydrogen (secondary N) is 14. The number of aliphatic hydroxyl groups excluding tert-OH is 3. The molecule has 0 rings (SSSR count). The van der Waals surface area contributed by atoms with Crippen molar-refractivity contribution in [1.82, 2.24) is 74.4 Å². The maximum Gasteiger partial charge on any atom is 0.490 e. The fourth-order valence-electron chi connectivity index (χ4n) is 8.93. The number of rotatable bonds is 45. The molecule has 107 heavy (non-hydrogen) atoms. The van der Waals surface area contributed by atoms with Crippen molar-refractivity contribution in [2.24, 2.45) is 46.8 Å². The smallest absolute Gasteiger partial charge is 0.481 e. The molecule has 0 heterocycles. The van der Waals surface area contributed by atoms with Crippen LogP contribution in [-0.4, -0.2) is 260 Å². The van der Waals surface area contributed by atoms with E-state index in [1.165, 1.54) is 62.3 Å². The normalized spacial score (nSPS) is 15.5. The Morgan fingerprint density at radius 3 is 1.02 bits per heavy atom. The van der Waals surface area contributed by atoms with Crippen LogP contribution in [0.1, 0.15) is 129 Å². The Balaban J connectivity index is 0. The molecule has 0 aliphatic carbocycles. The molecule has 45 heteroatoms. The molecule has 16 amide bonds. The number of carboxylic acids is 3. The van der Waals surface area contributed by atoms with Gasteiger partial charge >= 0.3 is 24.1 Å². The molecule has 0 radical (unpaired) electrons. The summed E-state index contributed by atoms with van der Waals surface area (Å²) in [7, 11) is 0. The van der Waals surface area contributed by atoms with E-state index in [0.29, 0.717) is 0 Å². The molecule has 26 N–H and O–H groups in total. The first-order valence-corrected chi connectivity index (χ1v) is 33.3. The third-order valence-corrected chi connectivity index (χ3v) is 15.1. The molecule has 0 spiro atoms. The van der Waals surface area contributed by atoms with Crippen molar-refractivity contribution in [2.75, 3.05) is 19.6 Å². The molecule has 0 aromatic heterocycles. The minimum Gasteiger partial charge on any atom is -0.481 e. The molecule has 0 unspecified atom stereocenters. The topological polar surface area (TPSA) is 692 Å². The minimum absolute atomic E-state index is 0.320. The van der Waals surface area contributed by atoms with Gasteiger partial charge in [0.2, 0.25) is 94.5 Å². The molecule has 0 aliphatic rings. The molecule has 0 fully saturated rings. The summed E-state index contributed by atoms with van der Waals surface area (Å²) in [4.78, 5) is 242. The van der Waals surface area contributed by atoms with Gasteiger partial charge in [-0.05, 0) is 70.1 Å². The van der Waals surface area contributed by atoms with Crippen LogP contribution < -0.4 is 91.6 Å². The van der Waals surface area contributed by atoms with Crippen molar-refractivity contribution in [3.8, 4) is 0 Å². The highest BCUT2D eigenvalue weighted by Gasteiger charge is 2.41. The number of carbonyl (C=O) groups is 19. The standard InChI is InChI=1S/C60H103N17O23.C2HF3O2/c1-23(2)41(72-52(91)34(19-36(63)82)69-59(98)47(30(13)79)76-57(96)44(26(7)8)73-51(90)33(16-17-35(62)81)68-50(89)32(61)15-18-40(86)87)53(92)65-20-37(83)64-21-38(84)67-28(11)49(88)71-43(25(5)6)56(95)74-45(27(9)10)58(97)75-46(29(12)78)54(93)66-22-39(85)70-42(24(3)4)55(94)77-48(31(14)80)60(99)100;3-2(4,5)1(6)7/h23-34,41-48,78-80H,15-22,61H2,1-14H3,(H2,62,81)(H2,63,82)(H,64,83)(H,65,92)(H,66,93)(H,67,84)(H,68,89)(H,69,98)(H,70,85)(H,71,88)(H,72,91)(H,73,90)(H,74,95)(H,75,97)(H,76,96)(H,77,94)(H,86,87)(H,99,100);(H,6,7)/t28-,29+,30+,31+,32-,33-,34-,41-,42-,43-,44-,45-,46-,47-,48-;/m0./s1. The molecule has 42 nitrogen and oxygen atoms in total. The maximum absolute atomic E-state index is 13.7. The lowest BCUT2D eigenvalue weighted by Gasteiger charge is -2.29. The van der Waals surface area contributed by atoms with E-state index in [9.17, 15) is 120 Å². The van der Waals surface area contributed by atoms with Crippen LogP contribution >= 0.6 is 0 Å². The summed E-state index contributed by atoms with van der Waals surface area (Å²) in [5.74, 6) is -25.2. The largest absolute Gasteiger partial charge is 0.490 e. The maximum atomic E-state index is 13.7. The third kappa shape index (κ3) is 37.9. The predicted molar refractivity (Wildman–Crippen MR) is 364 cm³/mol. The molecule has 0 aromatic carbocycles. The number of hydrogen-bond acceptors (Lipinski definition) is 23. The van der Waals surface area contributed by atoms with E-state index in [1.807, 2.05) is 0 Å². The molecule has 0 saturated heterocycles. The van der Waals surface area contributed by atoms with Crippen LogP contribution in [0.4, 0.5) is 13.2 Å². The van der Waals surface area contributed by atoms with E-state index in [1.54, 1.807) is 13.8 Å². The van der Waals surface area contributed by atoms with E-state index < -0.39 is 278 Å². The van der Waals surface area contributed by atoms with Crippen LogP contribution in [0.3, 0.4) is 0 Å². The number of aliphatic hydroxyl groups is 3. The monoisotopic (exact) mass is 1540 g/mol. The lowest BCUT2D eigenvalue weighted by molar-refractivity contribution is -0.192. The van der Waals surface area contributed by atoms with Crippen LogP contribution in [0.25, 0.3) is 0 Å². The Morgan fingerprint density at radius 2 is 0.645 bits per heavy atom. The zero-order valence-electron chi connectivity index (χ0n) is 61.5. The van der Waals surface area contributed by atoms with Crippen LogP contribution in [-0.2, 0) is 91.1 Å². The molecule has 0 aromatic rings. The van der Waals surface area contributed by atoms with Crippen molar-refractivity contribution in [2.45, 2.75) is 226 Å². The number of hydrogen-bond donors (Lipinski definition) is 23. The number of halogens is 3. The number of carbonyl (C=O) groups excluding carboxylic acids is 16. The minimum atomic E-state index is -5.08. The second kappa shape index (κ2) is 47.2. The van der Waals surface area contributed by atoms with Crippen molar-refractivity contribution >= 4 is 112 Å². The average Bonchev–Trinajstić information content (AvgIpc) is 0.851. The summed E-state index contributed by atoms with van der Waals surface area (Å²) in [6.45, 7) is 17.3. The van der Waals surface area contributed by atoms with Crippen LogP contribution in [0.5, 0.6) is 0 Å². The summed E-state index contributed by atoms with van der Waals surface area (Å²) < 4.78 is 31.7. The number of amides is 16. The Morgan fingerprint density at radius 1 is 0.336 bits per heavy atom. The molecule has 0 bridgehead atoms. The quantitative estimate of drug-likeness (QED) is 0.0269. The number of aliphatic carboxylic acids is 3. The third-order valence-electron chi connectivity index (χ3n) is 15.1. The molecule has 608 valence electrons. The van der Waals surface area contributed by atoms with E-state index in [2.05, 4.69) is 74.4 Å². The highest BCUT2D eigenvalue weighted by molar-refractivity contribution is 6.00. The number of nitrogens with two attached hydrogens (primary N) is 3. The van der Waals surface area contributed by atoms with Gasteiger partial charge in [0.05, 0.1) is 50.4 Å². The second-order valence-electron chi connectivity index (χ2n) is 26.4. The Bertz CT molecular complexity index is 3150. The SMILES string of the molecule is CC(C)[C@H](NC(=O)CNC(=O)[C@@H](NC(=O)[C@@H](NC(=O)[C@@H](NC(=O)[C@H](C)NC(=O)CNC(=O)CNC(=O)[C@@H](NC(=O)[C@H](CC(N)=O)NC(=O)[C@@H](NC(=O)[C@@H](NC(=O)[C@H](CCC(N)=O)NC(=O)[C@@H](N)CCC(=O)O)C(C)C)[C@@H](C)O)C(C)C)C(C)C)C(C)C)[C@@H](C)O)C(=O)N[C@H](C(=O)O)[C@@H](C)O.O=C(O)C(F)(F)F. The first-order chi connectivity index (χ1) is 49.1. The van der Waals surface area contributed by atoms with Crippen LogP contribution in [0.2, 0.25) is 0 Å². The molecule has 0 saturated carbocycles. The van der Waals surface area contributed by atoms with E-state index in [0.717, 1.165) is 20.8 Å². The van der Waals surface area contributed by atoms with Crippen molar-refractivity contribution in [3.05, 3.63) is 0 Å². The van der Waals surface area contributed by atoms with Gasteiger partial charge in [0, 0.05) is 12.8 Å². The van der Waals surface area contributed by atoms with Gasteiger partial charge in [-0.2, -0.15) is 13.2 Å². The van der Waals surface area contributed by atoms with Crippen LogP contribution in [0, 0.1) is 29.6 Å². The summed E-state index contributed by atoms with van der Waals surface area (Å²) in [6.07, 6.45) is -12.4. The highest BCUT2D eigenvalue weighted by Crippen LogP contribution is 2.15. The van der Waals surface area contributed by atoms with Gasteiger partial charge in [-0.25, -0.2) is 9.59 Å². The lowest BCUT2D eigenvalue weighted by Crippen LogP contribution is -2.62. The van der Waals surface area contributed by atoms with E-state index in [4.69, 9.17) is 32.2 Å². The second-order valence-corrected chi connectivity index (χ2v) is 26.4. The summed E-state index contributed by atoms with van der Waals surface area (Å²) in [6, 6.07) is -18.6. The zero-order chi connectivity index (χ0) is 83.6. The van der Waals surface area contributed by atoms with Crippen LogP contribution in [0.15, 0.2) is 0 Å². The van der Waals surface area contributed by atoms with Gasteiger partial charge in [-0.3, -0.25) is 81.5 Å². The summed E-state index contributed by atoms with van der Waals surface area (Å²) >= 11 is 0. The lowest BCUT2D eigenvalue weighted by atomic mass is 9.99. The molecule has 15 atom stereocenters. The highest BCUT2D eigenvalue weighted by atomic mass is 19.4. The molecule has 0 aliphatic heterocycles. The first-order valence-electron chi connectivity index (χ1n) is 33.3. The van der Waals surface area contributed by atoms with Gasteiger partial charge in [-0.1, -0.05) is 69.2 Å². The van der Waals surface area contributed by atoms with E-state index in [-0.39, 0.29) is 12.8 Å². The Hall–Kier alpha value is -10.4. The average molecular weight is 1540 g/mol. The van der Waals surface area contributed by atoms with Gasteiger partial charge in [0.15, 0.2) is 6.04 Å². The number of alkyl halides is 3. The van der Waals surface area contributed by atoms with Gasteiger partial charge in [-0.15, -0.1) is 0 Å². The zero-order valence-corrected chi connectivity index (χ0v) is 61.5. The van der Waals surface area contributed by atoms with Gasteiger partial charge in [0.25, 0.3) is 0 Å². The summed E-state index contributed by atoms with van der Waals surface area (Å²) in [5.41, 5.74) is 16.4. The van der Waals surface area contributed by atoms with E-state index >= 15 is 0 Å². The number of carboxylic acid groups (broad SMARTS) is 3. The van der Waals surface area contributed by atoms with Gasteiger partial charge < -0.3 is 122 Å². The fourth-order valence-corrected chi connectivity index (χ4v) is 8.93. The Labute approximate surface area is 612 Å². The fraction of sp³-hybridized carbons (Fsp3) is 0.694. The summed E-state index contributed by atoms with van der Waals surface area (Å²) in [5, 5.41) is 88.7. The van der Waals surface area contributed by atoms with Crippen molar-refractivity contribution in [1.29, 1.82) is 0 Å². The Kier molecular flexibility index (Phi) is 43.5. The predicted octanol–water partition coefficient (Wildman–Crippen LogP) is -8.84. The molecular weight excluding hydrogens is 1440 g/mol. The number of primary amides is 2. The van der Waals surface area contributed by atoms with Crippen molar-refractivity contribution < 1.29 is 135 Å². The first kappa shape index (κ1) is 98.6. The molecular formula is C62H104F3N17O25.